The molecule has 0 fully saturated rings. The summed E-state index contributed by atoms with van der Waals surface area (Å²) in [5.74, 6) is -1.70. The van der Waals surface area contributed by atoms with Crippen molar-refractivity contribution >= 4 is 17.4 Å². The number of carbonyl (C=O) groups is 2. The van der Waals surface area contributed by atoms with E-state index in [1.807, 2.05) is 13.8 Å². The van der Waals surface area contributed by atoms with Crippen LogP contribution in [0.4, 0.5) is 10.1 Å². The number of amides is 1. The van der Waals surface area contributed by atoms with Gasteiger partial charge in [-0.05, 0) is 44.9 Å². The molecule has 1 aromatic rings. The lowest BCUT2D eigenvalue weighted by atomic mass is 9.90. The Labute approximate surface area is 116 Å². The summed E-state index contributed by atoms with van der Waals surface area (Å²) in [7, 11) is 0. The number of ketones is 1. The molecule has 4 nitrogen and oxygen atoms in total. The molecule has 0 saturated carbocycles. The van der Waals surface area contributed by atoms with Crippen molar-refractivity contribution < 1.29 is 14.0 Å². The first-order valence-electron chi connectivity index (χ1n) is 6.43. The van der Waals surface area contributed by atoms with Gasteiger partial charge in [0.25, 0.3) is 11.7 Å². The Morgan fingerprint density at radius 2 is 2.05 bits per heavy atom. The van der Waals surface area contributed by atoms with E-state index in [0.29, 0.717) is 25.1 Å². The maximum Gasteiger partial charge on any atom is 0.299 e. The highest BCUT2D eigenvalue weighted by Gasteiger charge is 2.35. The molecule has 0 unspecified atom stereocenters. The van der Waals surface area contributed by atoms with Gasteiger partial charge in [0.1, 0.15) is 5.82 Å². The lowest BCUT2D eigenvalue weighted by molar-refractivity contribution is -0.114. The van der Waals surface area contributed by atoms with E-state index in [2.05, 4.69) is 6.07 Å². The molecular formula is C15H15FN2O2. The third-order valence-electron chi connectivity index (χ3n) is 3.42. The molecule has 2 rings (SSSR count). The quantitative estimate of drug-likeness (QED) is 0.793. The molecule has 5 heteroatoms. The second-order valence-electron chi connectivity index (χ2n) is 5.55. The fourth-order valence-corrected chi connectivity index (χ4v) is 2.22. The van der Waals surface area contributed by atoms with Crippen LogP contribution in [0, 0.1) is 22.6 Å². The third-order valence-corrected chi connectivity index (χ3v) is 3.42. The monoisotopic (exact) mass is 274 g/mol. The maximum atomic E-state index is 13.3. The van der Waals surface area contributed by atoms with Crippen LogP contribution in [-0.2, 0) is 4.79 Å². The lowest BCUT2D eigenvalue weighted by Crippen LogP contribution is -2.31. The lowest BCUT2D eigenvalue weighted by Gasteiger charge is -2.19. The SMILES string of the molecule is CC(C)(C#N)CCCN1C(=O)C(=O)c2ccc(F)cc21. The summed E-state index contributed by atoms with van der Waals surface area (Å²) in [6, 6.07) is 5.90. The number of fused-ring (bicyclic) bond motifs is 1. The summed E-state index contributed by atoms with van der Waals surface area (Å²) in [6.07, 6.45) is 1.18. The number of nitrogens with zero attached hydrogens (tertiary/aromatic N) is 2. The van der Waals surface area contributed by atoms with Gasteiger partial charge in [0.05, 0.1) is 22.7 Å². The topological polar surface area (TPSA) is 61.2 Å². The van der Waals surface area contributed by atoms with Crippen LogP contribution in [0.3, 0.4) is 0 Å². The third kappa shape index (κ3) is 2.55. The van der Waals surface area contributed by atoms with Crippen molar-refractivity contribution in [2.24, 2.45) is 5.41 Å². The van der Waals surface area contributed by atoms with Crippen molar-refractivity contribution in [3.63, 3.8) is 0 Å². The van der Waals surface area contributed by atoms with Crippen molar-refractivity contribution in [3.8, 4) is 6.07 Å². The zero-order valence-corrected chi connectivity index (χ0v) is 11.4. The number of halogens is 1. The fourth-order valence-electron chi connectivity index (χ4n) is 2.22. The molecule has 1 amide bonds. The van der Waals surface area contributed by atoms with E-state index in [4.69, 9.17) is 5.26 Å². The van der Waals surface area contributed by atoms with E-state index in [0.717, 1.165) is 0 Å². The van der Waals surface area contributed by atoms with E-state index >= 15 is 0 Å². The summed E-state index contributed by atoms with van der Waals surface area (Å²) in [4.78, 5) is 25.0. The average Bonchev–Trinajstić information content (AvgIpc) is 2.63. The Kier molecular flexibility index (Phi) is 3.58. The molecule has 0 spiro atoms. The highest BCUT2D eigenvalue weighted by molar-refractivity contribution is 6.52. The molecule has 0 bridgehead atoms. The first-order valence-corrected chi connectivity index (χ1v) is 6.43. The van der Waals surface area contributed by atoms with Crippen LogP contribution >= 0.6 is 0 Å². The number of nitriles is 1. The normalized spacial score (nSPS) is 14.4. The molecule has 1 aliphatic rings. The van der Waals surface area contributed by atoms with Gasteiger partial charge in [-0.25, -0.2) is 4.39 Å². The molecular weight excluding hydrogens is 259 g/mol. The van der Waals surface area contributed by atoms with E-state index in [9.17, 15) is 14.0 Å². The standard InChI is InChI=1S/C15H15FN2O2/c1-15(2,9-17)6-3-7-18-12-8-10(16)4-5-11(12)13(19)14(18)20/h4-5,8H,3,6-7H2,1-2H3. The minimum atomic E-state index is -0.625. The van der Waals surface area contributed by atoms with Crippen molar-refractivity contribution in [3.05, 3.63) is 29.6 Å². The highest BCUT2D eigenvalue weighted by Crippen LogP contribution is 2.30. The van der Waals surface area contributed by atoms with E-state index < -0.39 is 22.9 Å². The smallest absolute Gasteiger partial charge is 0.299 e. The molecule has 0 saturated heterocycles. The first-order chi connectivity index (χ1) is 9.35. The molecule has 1 heterocycles. The van der Waals surface area contributed by atoms with Crippen molar-refractivity contribution in [2.75, 3.05) is 11.4 Å². The predicted molar refractivity (Wildman–Crippen MR) is 71.7 cm³/mol. The second kappa shape index (κ2) is 5.04. The molecule has 104 valence electrons. The number of hydrogen-bond donors (Lipinski definition) is 0. The predicted octanol–water partition coefficient (Wildman–Crippen LogP) is 2.68. The van der Waals surface area contributed by atoms with Gasteiger partial charge in [-0.15, -0.1) is 0 Å². The Balaban J connectivity index is 2.14. The van der Waals surface area contributed by atoms with Crippen LogP contribution in [0.25, 0.3) is 0 Å². The van der Waals surface area contributed by atoms with Crippen molar-refractivity contribution in [1.29, 1.82) is 5.26 Å². The summed E-state index contributed by atoms with van der Waals surface area (Å²) >= 11 is 0. The zero-order chi connectivity index (χ0) is 14.9. The Bertz CT molecular complexity index is 617. The number of rotatable bonds is 4. The van der Waals surface area contributed by atoms with Crippen LogP contribution in [0.5, 0.6) is 0 Å². The van der Waals surface area contributed by atoms with Gasteiger partial charge in [-0.3, -0.25) is 9.59 Å². The molecule has 0 aliphatic carbocycles. The minimum absolute atomic E-state index is 0.246. The van der Waals surface area contributed by atoms with Crippen molar-refractivity contribution in [2.45, 2.75) is 26.7 Å². The first kappa shape index (κ1) is 14.2. The molecule has 20 heavy (non-hydrogen) atoms. The van der Waals surface area contributed by atoms with Crippen LogP contribution in [0.15, 0.2) is 18.2 Å². The van der Waals surface area contributed by atoms with Crippen LogP contribution in [0.1, 0.15) is 37.0 Å². The van der Waals surface area contributed by atoms with Gasteiger partial charge >= 0.3 is 0 Å². The highest BCUT2D eigenvalue weighted by atomic mass is 19.1. The number of benzene rings is 1. The van der Waals surface area contributed by atoms with Gasteiger partial charge in [0.2, 0.25) is 0 Å². The number of carbonyl (C=O) groups excluding carboxylic acids is 2. The van der Waals surface area contributed by atoms with Gasteiger partial charge in [0.15, 0.2) is 0 Å². The molecule has 0 aromatic heterocycles. The largest absolute Gasteiger partial charge is 0.305 e. The second-order valence-corrected chi connectivity index (χ2v) is 5.55. The fraction of sp³-hybridized carbons (Fsp3) is 0.400. The zero-order valence-electron chi connectivity index (χ0n) is 11.4. The van der Waals surface area contributed by atoms with Gasteiger partial charge in [0, 0.05) is 6.54 Å². The number of anilines is 1. The van der Waals surface area contributed by atoms with Crippen molar-refractivity contribution in [1.82, 2.24) is 0 Å². The number of hydrogen-bond acceptors (Lipinski definition) is 3. The van der Waals surface area contributed by atoms with Crippen LogP contribution in [0.2, 0.25) is 0 Å². The summed E-state index contributed by atoms with van der Waals surface area (Å²) in [5.41, 5.74) is 0.100. The molecule has 1 aromatic carbocycles. The molecule has 0 radical (unpaired) electrons. The molecule has 0 atom stereocenters. The van der Waals surface area contributed by atoms with Crippen LogP contribution < -0.4 is 4.90 Å². The summed E-state index contributed by atoms with van der Waals surface area (Å²) < 4.78 is 13.3. The molecule has 0 N–H and O–H groups in total. The maximum absolute atomic E-state index is 13.3. The van der Waals surface area contributed by atoms with Gasteiger partial charge < -0.3 is 4.90 Å². The number of Topliss-reactive ketones (excluding diaryl/α,β-unsaturated/α-hetero) is 1. The Morgan fingerprint density at radius 3 is 2.70 bits per heavy atom. The van der Waals surface area contributed by atoms with Gasteiger partial charge in [-0.1, -0.05) is 0 Å². The molecule has 1 aliphatic heterocycles. The Hall–Kier alpha value is -2.22. The minimum Gasteiger partial charge on any atom is -0.305 e. The van der Waals surface area contributed by atoms with E-state index in [1.165, 1.54) is 23.1 Å². The summed E-state index contributed by atoms with van der Waals surface area (Å²) in [5, 5.41) is 8.94. The van der Waals surface area contributed by atoms with E-state index in [1.54, 1.807) is 0 Å². The average molecular weight is 274 g/mol. The Morgan fingerprint density at radius 1 is 1.35 bits per heavy atom. The van der Waals surface area contributed by atoms with Gasteiger partial charge in [-0.2, -0.15) is 5.26 Å². The van der Waals surface area contributed by atoms with Crippen LogP contribution in [-0.4, -0.2) is 18.2 Å². The summed E-state index contributed by atoms with van der Waals surface area (Å²) in [6.45, 7) is 3.95. The van der Waals surface area contributed by atoms with E-state index in [-0.39, 0.29) is 5.56 Å².